The molecule has 6 atom stereocenters. The predicted molar refractivity (Wildman–Crippen MR) is 78.2 cm³/mol. The summed E-state index contributed by atoms with van der Waals surface area (Å²) in [5.74, 6) is 3.63. The second-order valence-electron chi connectivity index (χ2n) is 6.81. The molecule has 0 aromatic rings. The smallest absolute Gasteiger partial charge is 0.00416 e. The molecule has 0 aromatic carbocycles. The first-order valence-corrected chi connectivity index (χ1v) is 8.16. The lowest BCUT2D eigenvalue weighted by atomic mass is 9.61. The van der Waals surface area contributed by atoms with E-state index in [1.165, 1.54) is 51.4 Å². The summed E-state index contributed by atoms with van der Waals surface area (Å²) < 4.78 is 0. The monoisotopic (exact) mass is 252 g/mol. The highest BCUT2D eigenvalue weighted by molar-refractivity contribution is 4.91. The van der Waals surface area contributed by atoms with Gasteiger partial charge in [-0.25, -0.2) is 0 Å². The van der Waals surface area contributed by atoms with Crippen LogP contribution in [0.25, 0.3) is 0 Å². The van der Waals surface area contributed by atoms with Crippen LogP contribution in [-0.2, 0) is 0 Å². The fraction of sp³-hybridized carbons (Fsp3) is 1.00. The van der Waals surface area contributed by atoms with Crippen LogP contribution in [-0.4, -0.2) is 12.1 Å². The molecule has 2 rings (SSSR count). The summed E-state index contributed by atoms with van der Waals surface area (Å²) in [4.78, 5) is 0. The van der Waals surface area contributed by atoms with Crippen LogP contribution in [0, 0.1) is 23.7 Å². The van der Waals surface area contributed by atoms with Crippen LogP contribution in [0.2, 0.25) is 0 Å². The molecule has 0 bridgehead atoms. The van der Waals surface area contributed by atoms with E-state index in [2.05, 4.69) is 13.8 Å². The van der Waals surface area contributed by atoms with Gasteiger partial charge in [-0.2, -0.15) is 0 Å². The van der Waals surface area contributed by atoms with E-state index in [1.54, 1.807) is 0 Å². The first-order chi connectivity index (χ1) is 8.65. The minimum absolute atomic E-state index is 0.470. The second-order valence-corrected chi connectivity index (χ2v) is 6.81. The van der Waals surface area contributed by atoms with E-state index in [0.29, 0.717) is 12.1 Å². The molecule has 0 saturated heterocycles. The molecule has 2 nitrogen and oxygen atoms in total. The zero-order chi connectivity index (χ0) is 13.1. The minimum atomic E-state index is 0.470. The van der Waals surface area contributed by atoms with Gasteiger partial charge in [-0.1, -0.05) is 26.7 Å². The first kappa shape index (κ1) is 14.3. The van der Waals surface area contributed by atoms with Crippen molar-refractivity contribution in [1.29, 1.82) is 0 Å². The van der Waals surface area contributed by atoms with Gasteiger partial charge in [0.1, 0.15) is 0 Å². The topological polar surface area (TPSA) is 52.0 Å². The Morgan fingerprint density at radius 2 is 1.11 bits per heavy atom. The van der Waals surface area contributed by atoms with E-state index in [9.17, 15) is 0 Å². The van der Waals surface area contributed by atoms with E-state index >= 15 is 0 Å². The third-order valence-corrected chi connectivity index (χ3v) is 5.76. The quantitative estimate of drug-likeness (QED) is 0.810. The highest BCUT2D eigenvalue weighted by Crippen LogP contribution is 2.45. The Morgan fingerprint density at radius 1 is 0.722 bits per heavy atom. The van der Waals surface area contributed by atoms with E-state index in [4.69, 9.17) is 11.5 Å². The molecular formula is C16H32N2. The molecule has 2 aliphatic carbocycles. The zero-order valence-electron chi connectivity index (χ0n) is 12.3. The van der Waals surface area contributed by atoms with Crippen LogP contribution in [0.3, 0.4) is 0 Å². The Bertz CT molecular complexity index is 227. The van der Waals surface area contributed by atoms with Gasteiger partial charge in [0, 0.05) is 12.1 Å². The summed E-state index contributed by atoms with van der Waals surface area (Å²) >= 11 is 0. The van der Waals surface area contributed by atoms with Crippen molar-refractivity contribution in [2.75, 3.05) is 0 Å². The van der Waals surface area contributed by atoms with E-state index in [-0.39, 0.29) is 0 Å². The average molecular weight is 252 g/mol. The normalized spacial score (nSPS) is 46.0. The molecule has 2 heteroatoms. The van der Waals surface area contributed by atoms with Crippen LogP contribution >= 0.6 is 0 Å². The van der Waals surface area contributed by atoms with Gasteiger partial charge in [-0.3, -0.25) is 0 Å². The standard InChI is InChI=1S/C16H32N2/c1-3-11-9-13(17)5-7-15(11)16-8-6-14(18)10-12(16)4-2/h11-16H,3-10,17-18H2,1-2H3. The Kier molecular flexibility index (Phi) is 5.08. The molecule has 2 saturated carbocycles. The molecule has 0 spiro atoms. The van der Waals surface area contributed by atoms with Crippen LogP contribution in [0.5, 0.6) is 0 Å². The fourth-order valence-electron chi connectivity index (χ4n) is 4.71. The Hall–Kier alpha value is -0.0800. The highest BCUT2D eigenvalue weighted by Gasteiger charge is 2.38. The van der Waals surface area contributed by atoms with Crippen LogP contribution < -0.4 is 11.5 Å². The van der Waals surface area contributed by atoms with Crippen molar-refractivity contribution >= 4 is 0 Å². The lowest BCUT2D eigenvalue weighted by Gasteiger charge is -2.45. The van der Waals surface area contributed by atoms with Gasteiger partial charge in [-0.15, -0.1) is 0 Å². The van der Waals surface area contributed by atoms with Gasteiger partial charge in [0.15, 0.2) is 0 Å². The predicted octanol–water partition coefficient (Wildman–Crippen LogP) is 3.29. The molecule has 2 fully saturated rings. The summed E-state index contributed by atoms with van der Waals surface area (Å²) in [6, 6.07) is 0.939. The van der Waals surface area contributed by atoms with Crippen LogP contribution in [0.1, 0.15) is 65.2 Å². The summed E-state index contributed by atoms with van der Waals surface area (Å²) in [6.45, 7) is 4.70. The van der Waals surface area contributed by atoms with Crippen LogP contribution in [0.4, 0.5) is 0 Å². The average Bonchev–Trinajstić information content (AvgIpc) is 2.38. The Morgan fingerprint density at radius 3 is 1.44 bits per heavy atom. The van der Waals surface area contributed by atoms with Crippen molar-refractivity contribution in [2.24, 2.45) is 35.1 Å². The minimum Gasteiger partial charge on any atom is -0.328 e. The Balaban J connectivity index is 2.03. The maximum Gasteiger partial charge on any atom is 0.00416 e. The zero-order valence-corrected chi connectivity index (χ0v) is 12.3. The molecule has 0 radical (unpaired) electrons. The van der Waals surface area contributed by atoms with Crippen molar-refractivity contribution in [2.45, 2.75) is 77.3 Å². The van der Waals surface area contributed by atoms with Crippen molar-refractivity contribution < 1.29 is 0 Å². The van der Waals surface area contributed by atoms with Crippen molar-refractivity contribution in [3.63, 3.8) is 0 Å². The van der Waals surface area contributed by atoms with E-state index < -0.39 is 0 Å². The lowest BCUT2D eigenvalue weighted by Crippen LogP contribution is -2.42. The summed E-state index contributed by atoms with van der Waals surface area (Å²) in [5.41, 5.74) is 12.3. The van der Waals surface area contributed by atoms with E-state index in [0.717, 1.165) is 23.7 Å². The fourth-order valence-corrected chi connectivity index (χ4v) is 4.71. The maximum atomic E-state index is 6.16. The molecule has 2 aliphatic rings. The molecule has 106 valence electrons. The largest absolute Gasteiger partial charge is 0.328 e. The van der Waals surface area contributed by atoms with Crippen molar-refractivity contribution in [1.82, 2.24) is 0 Å². The van der Waals surface area contributed by atoms with E-state index in [1.807, 2.05) is 0 Å². The molecule has 6 unspecified atom stereocenters. The number of rotatable bonds is 3. The molecule has 0 aromatic heterocycles. The van der Waals surface area contributed by atoms with Crippen LogP contribution in [0.15, 0.2) is 0 Å². The molecule has 4 N–H and O–H groups in total. The van der Waals surface area contributed by atoms with Crippen molar-refractivity contribution in [3.05, 3.63) is 0 Å². The second kappa shape index (κ2) is 6.38. The molecule has 18 heavy (non-hydrogen) atoms. The third kappa shape index (κ3) is 3.08. The molecule has 0 heterocycles. The SMILES string of the molecule is CCC1CC(N)CCC1C1CCC(N)CC1CC. The van der Waals surface area contributed by atoms with Gasteiger partial charge in [0.2, 0.25) is 0 Å². The number of nitrogens with two attached hydrogens (primary N) is 2. The van der Waals surface area contributed by atoms with Gasteiger partial charge < -0.3 is 11.5 Å². The summed E-state index contributed by atoms with van der Waals surface area (Å²) in [7, 11) is 0. The molecule has 0 aliphatic heterocycles. The highest BCUT2D eigenvalue weighted by atomic mass is 14.7. The molecule has 0 amide bonds. The maximum absolute atomic E-state index is 6.16. The van der Waals surface area contributed by atoms with Gasteiger partial charge >= 0.3 is 0 Å². The lowest BCUT2D eigenvalue weighted by molar-refractivity contribution is 0.0653. The van der Waals surface area contributed by atoms with Gasteiger partial charge in [-0.05, 0) is 62.2 Å². The number of hydrogen-bond acceptors (Lipinski definition) is 2. The summed E-state index contributed by atoms with van der Waals surface area (Å²) in [6.07, 6.45) is 10.4. The van der Waals surface area contributed by atoms with Gasteiger partial charge in [0.05, 0.1) is 0 Å². The summed E-state index contributed by atoms with van der Waals surface area (Å²) in [5, 5.41) is 0. The molecular weight excluding hydrogens is 220 g/mol. The number of hydrogen-bond donors (Lipinski definition) is 2. The van der Waals surface area contributed by atoms with Crippen molar-refractivity contribution in [3.8, 4) is 0 Å². The third-order valence-electron chi connectivity index (χ3n) is 5.76. The Labute approximate surface area is 113 Å². The van der Waals surface area contributed by atoms with Gasteiger partial charge in [0.25, 0.3) is 0 Å². The first-order valence-electron chi connectivity index (χ1n) is 8.16.